The molecule has 6 heterocycles. The quantitative estimate of drug-likeness (QED) is 0.0936. The minimum absolute atomic E-state index is 0. The fraction of sp³-hybridized carbons (Fsp3) is 0.897. The molecular weight excluding hydrogens is 944 g/mol. The maximum atomic E-state index is 12.5. The van der Waals surface area contributed by atoms with E-state index in [1.54, 1.807) is 5.57 Å². The van der Waals surface area contributed by atoms with Gasteiger partial charge in [0.2, 0.25) is 16.2 Å². The Morgan fingerprint density at radius 3 is 2.10 bits per heavy atom. The molecule has 10 fully saturated rings. The molecule has 4 unspecified atom stereocenters. The third-order valence-electron chi connectivity index (χ3n) is 24.9. The van der Waals surface area contributed by atoms with Gasteiger partial charge in [0.15, 0.2) is 5.79 Å². The van der Waals surface area contributed by atoms with Crippen LogP contribution in [0.15, 0.2) is 33.9 Å². The Balaban J connectivity index is 0.00000560. The van der Waals surface area contributed by atoms with Crippen molar-refractivity contribution in [2.24, 2.45) is 79.8 Å². The molecule has 4 N–H and O–H groups in total. The van der Waals surface area contributed by atoms with Crippen molar-refractivity contribution in [1.82, 2.24) is 0 Å². The van der Waals surface area contributed by atoms with Gasteiger partial charge in [-0.25, -0.2) is 8.42 Å². The molecule has 6 aliphatic heterocycles. The number of aliphatic hydroxyl groups excluding tert-OH is 2. The van der Waals surface area contributed by atoms with Crippen LogP contribution in [0.2, 0.25) is 0 Å². The van der Waals surface area contributed by atoms with E-state index in [0.717, 1.165) is 70.6 Å². The predicted molar refractivity (Wildman–Crippen MR) is 265 cm³/mol. The number of fused-ring (bicyclic) bond motifs is 10. The second-order valence-corrected chi connectivity index (χ2v) is 29.8. The number of ether oxygens (including phenoxy) is 4. The van der Waals surface area contributed by atoms with Crippen LogP contribution in [0.4, 0.5) is 0 Å². The topological polar surface area (TPSA) is 184 Å². The van der Waals surface area contributed by atoms with Crippen LogP contribution < -0.4 is 29.6 Å². The van der Waals surface area contributed by atoms with Crippen LogP contribution in [0, 0.1) is 79.8 Å². The van der Waals surface area contributed by atoms with E-state index in [-0.39, 0.29) is 94.1 Å². The minimum atomic E-state index is -5.06. The summed E-state index contributed by atoms with van der Waals surface area (Å²) in [6.07, 6.45) is 13.8. The molecule has 12 nitrogen and oxygen atoms in total. The molecule has 398 valence electrons. The van der Waals surface area contributed by atoms with Gasteiger partial charge in [-0.3, -0.25) is 4.18 Å². The van der Waals surface area contributed by atoms with Crippen LogP contribution in [0.1, 0.15) is 179 Å². The van der Waals surface area contributed by atoms with Gasteiger partial charge in [-0.15, -0.1) is 0 Å². The van der Waals surface area contributed by atoms with Gasteiger partial charge in [0.05, 0.1) is 42.7 Å². The summed E-state index contributed by atoms with van der Waals surface area (Å²) < 4.78 is 70.1. The Labute approximate surface area is 452 Å². The maximum Gasteiger partial charge on any atom is 1.00 e. The van der Waals surface area contributed by atoms with Crippen LogP contribution in [-0.2, 0) is 33.5 Å². The molecule has 6 saturated heterocycles. The maximum absolute atomic E-state index is 12.5. The van der Waals surface area contributed by atoms with Gasteiger partial charge in [-0.2, -0.15) is 0 Å². The molecule has 14 heteroatoms. The van der Waals surface area contributed by atoms with E-state index in [9.17, 15) is 33.4 Å². The van der Waals surface area contributed by atoms with E-state index in [1.807, 2.05) is 13.8 Å². The zero-order chi connectivity index (χ0) is 50.9. The van der Waals surface area contributed by atoms with Crippen molar-refractivity contribution in [3.63, 3.8) is 0 Å². The van der Waals surface area contributed by atoms with E-state index in [1.165, 1.54) is 35.1 Å². The van der Waals surface area contributed by atoms with Crippen molar-refractivity contribution in [2.45, 2.75) is 232 Å². The number of allylic oxidation sites excluding steroid dienone is 2. The van der Waals surface area contributed by atoms with Gasteiger partial charge in [0.25, 0.3) is 0 Å². The van der Waals surface area contributed by atoms with Gasteiger partial charge in [-0.05, 0) is 176 Å². The summed E-state index contributed by atoms with van der Waals surface area (Å²) in [6.45, 7) is 25.2. The average Bonchev–Trinajstić information content (AvgIpc) is 3.85. The number of aliphatic hydroxyl groups is 4. The van der Waals surface area contributed by atoms with Crippen molar-refractivity contribution in [1.29, 1.82) is 0 Å². The molecule has 0 aromatic heterocycles. The molecular formula is C58H87NaO12S. The van der Waals surface area contributed by atoms with Gasteiger partial charge >= 0.3 is 29.6 Å². The standard InChI is InChI=1S/C58H88O12S.Na/c1-31(36-14-16-38-34-13-18-44-49(3,4)57(61)45(59)27-55(44,29-66-57)40(34)20-22-52(36,38)9)12-19-47-54(11)26-33(51(7,8)70-54)24-42(68-47)32(2)37-15-17-39-35-25-43(69-71(63,64)65)48-50(5,6)58(62)46(60)28-56(48,30-67-58)41(35)21-23-53(37,39)10;/h18,31-33,36-39,42-43,45-48,59-62H,12-17,19-30H2,1-11H3,(H,63,64,65);/q;+1/p-1/t31-,32?,33-,36-,37-,38?,39?,42-,43+,45+,46+,47+,48?,52-,53-,54-,55+,56+,57-,58-;/m1./s1. The summed E-state index contributed by atoms with van der Waals surface area (Å²) in [5.41, 5.74) is 3.50. The number of hydrogen-bond acceptors (Lipinski definition) is 12. The van der Waals surface area contributed by atoms with E-state index < -0.39 is 62.4 Å². The Morgan fingerprint density at radius 2 is 1.43 bits per heavy atom. The van der Waals surface area contributed by atoms with Crippen molar-refractivity contribution >= 4 is 10.4 Å². The van der Waals surface area contributed by atoms with Crippen molar-refractivity contribution in [2.75, 3.05) is 13.2 Å². The largest absolute Gasteiger partial charge is 1.00 e. The van der Waals surface area contributed by atoms with E-state index in [0.29, 0.717) is 49.0 Å². The molecule has 14 aliphatic rings. The molecule has 0 aromatic rings. The summed E-state index contributed by atoms with van der Waals surface area (Å²) >= 11 is 0. The first-order chi connectivity index (χ1) is 32.9. The van der Waals surface area contributed by atoms with Crippen LogP contribution in [0.3, 0.4) is 0 Å². The summed E-state index contributed by atoms with van der Waals surface area (Å²) in [7, 11) is -5.06. The van der Waals surface area contributed by atoms with Crippen LogP contribution in [0.25, 0.3) is 0 Å². The third-order valence-corrected chi connectivity index (χ3v) is 25.4. The van der Waals surface area contributed by atoms with Crippen LogP contribution in [-0.4, -0.2) is 99.9 Å². The average molecular weight is 1030 g/mol. The zero-order valence-corrected chi connectivity index (χ0v) is 48.6. The van der Waals surface area contributed by atoms with Gasteiger partial charge in [0, 0.05) is 27.6 Å². The SMILES string of the molecule is CC([C@H]1CCC2C3=C(CC[C@@]21C)[C@@]12CO[C@](O)([C@@H](O)C1)C(C)(C)C2[C@@H](OS(=O)(=O)[O-])C3)[C@H]1C[C@@H]2C[C@@](C)(OC2(C)C)[C@H](CC[C@@H](C)[C@H]2CCC3C4=C(CC[C@@]32C)[C@@]23CO[C@](O)([C@@H](O)C2)C(C)(C)C3=CC4)O1.[Na+]. The molecule has 0 aromatic carbocycles. The fourth-order valence-electron chi connectivity index (χ4n) is 21.6. The zero-order valence-electron chi connectivity index (χ0n) is 45.8. The molecule has 14 rings (SSSR count). The molecule has 20 atom stereocenters. The van der Waals surface area contributed by atoms with Gasteiger partial charge in [-0.1, -0.05) is 89.3 Å². The van der Waals surface area contributed by atoms with Gasteiger partial charge in [0.1, 0.15) is 12.2 Å². The summed E-state index contributed by atoms with van der Waals surface area (Å²) in [6, 6.07) is 0. The predicted octanol–water partition coefficient (Wildman–Crippen LogP) is 6.21. The first-order valence-corrected chi connectivity index (χ1v) is 29.5. The summed E-state index contributed by atoms with van der Waals surface area (Å²) in [5.74, 6) is -1.16. The molecule has 4 saturated carbocycles. The first-order valence-electron chi connectivity index (χ1n) is 28.2. The van der Waals surface area contributed by atoms with Crippen LogP contribution >= 0.6 is 0 Å². The third kappa shape index (κ3) is 6.96. The molecule has 0 radical (unpaired) electrons. The van der Waals surface area contributed by atoms with E-state index >= 15 is 0 Å². The van der Waals surface area contributed by atoms with Crippen LogP contribution in [0.5, 0.6) is 0 Å². The van der Waals surface area contributed by atoms with Crippen molar-refractivity contribution in [3.8, 4) is 0 Å². The molecule has 8 aliphatic carbocycles. The van der Waals surface area contributed by atoms with Crippen molar-refractivity contribution < 1.29 is 86.1 Å². The normalized spacial score (nSPS) is 51.9. The van der Waals surface area contributed by atoms with E-state index in [4.69, 9.17) is 23.1 Å². The fourth-order valence-corrected chi connectivity index (χ4v) is 22.0. The van der Waals surface area contributed by atoms with Crippen molar-refractivity contribution in [3.05, 3.63) is 33.9 Å². The van der Waals surface area contributed by atoms with Gasteiger partial charge < -0.3 is 43.9 Å². The molecule has 2 spiro atoms. The molecule has 72 heavy (non-hydrogen) atoms. The summed E-state index contributed by atoms with van der Waals surface area (Å²) in [4.78, 5) is 0. The number of hydrogen-bond donors (Lipinski definition) is 4. The Kier molecular flexibility index (Phi) is 12.4. The molecule has 0 amide bonds. The monoisotopic (exact) mass is 1030 g/mol. The first kappa shape index (κ1) is 53.8. The second-order valence-electron chi connectivity index (χ2n) is 28.8. The minimum Gasteiger partial charge on any atom is -0.726 e. The Bertz CT molecular complexity index is 2470. The number of rotatable bonds is 8. The summed E-state index contributed by atoms with van der Waals surface area (Å²) in [5, 5.41) is 46.2. The second kappa shape index (κ2) is 16.7. The molecule has 6 bridgehead atoms. The smallest absolute Gasteiger partial charge is 0.726 e. The van der Waals surface area contributed by atoms with E-state index in [2.05, 4.69) is 68.4 Å². The Hall–Kier alpha value is -0.230. The Morgan fingerprint density at radius 1 is 0.806 bits per heavy atom.